The molecule has 1 N–H and O–H groups in total. The van der Waals surface area contributed by atoms with Crippen LogP contribution in [0.4, 0.5) is 4.39 Å². The van der Waals surface area contributed by atoms with E-state index in [9.17, 15) is 4.39 Å². The fourth-order valence-electron chi connectivity index (χ4n) is 2.28. The molecule has 1 atom stereocenters. The van der Waals surface area contributed by atoms with Gasteiger partial charge in [0.1, 0.15) is 5.82 Å². The van der Waals surface area contributed by atoms with E-state index in [4.69, 9.17) is 0 Å². The summed E-state index contributed by atoms with van der Waals surface area (Å²) in [6.45, 7) is 6.79. The lowest BCUT2D eigenvalue weighted by atomic mass is 9.99. The largest absolute Gasteiger partial charge is 0.310 e. The Morgan fingerprint density at radius 3 is 2.85 bits per heavy atom. The van der Waals surface area contributed by atoms with Gasteiger partial charge in [-0.05, 0) is 50.4 Å². The number of hydrogen-bond donors (Lipinski definition) is 1. The number of benzene rings is 1. The van der Waals surface area contributed by atoms with Crippen LogP contribution in [0.3, 0.4) is 0 Å². The van der Waals surface area contributed by atoms with Gasteiger partial charge in [0.15, 0.2) is 0 Å². The van der Waals surface area contributed by atoms with Gasteiger partial charge >= 0.3 is 0 Å². The Labute approximate surface area is 130 Å². The van der Waals surface area contributed by atoms with Crippen molar-refractivity contribution in [1.82, 2.24) is 5.32 Å². The molecule has 1 aromatic rings. The Morgan fingerprint density at radius 1 is 1.35 bits per heavy atom. The van der Waals surface area contributed by atoms with Gasteiger partial charge in [-0.2, -0.15) is 0 Å². The molecular weight excluding hydrogens is 317 g/mol. The zero-order chi connectivity index (χ0) is 14.8. The first-order valence-electron chi connectivity index (χ1n) is 7.48. The molecule has 0 heterocycles. The number of nitrogens with one attached hydrogen (secondary N) is 1. The standard InChI is InChI=1S/C17H25BrFN/c1-3-5-6-7-8-9-17(20-12-4-2)15-13-14(18)10-11-16(15)19/h3,10-11,13,17,20H,1,4-9,12H2,2H3. The molecule has 3 heteroatoms. The van der Waals surface area contributed by atoms with Crippen LogP contribution in [0.25, 0.3) is 0 Å². The van der Waals surface area contributed by atoms with Crippen molar-refractivity contribution in [2.45, 2.75) is 51.5 Å². The molecule has 1 aromatic carbocycles. The highest BCUT2D eigenvalue weighted by Crippen LogP contribution is 2.26. The molecule has 0 aliphatic carbocycles. The minimum Gasteiger partial charge on any atom is -0.310 e. The van der Waals surface area contributed by atoms with E-state index < -0.39 is 0 Å². The Balaban J connectivity index is 2.62. The number of hydrogen-bond acceptors (Lipinski definition) is 1. The summed E-state index contributed by atoms with van der Waals surface area (Å²) in [6.07, 6.45) is 8.52. The van der Waals surface area contributed by atoms with Crippen molar-refractivity contribution >= 4 is 15.9 Å². The van der Waals surface area contributed by atoms with Crippen LogP contribution in [0.1, 0.15) is 57.1 Å². The third-order valence-electron chi connectivity index (χ3n) is 3.38. The maximum atomic E-state index is 14.0. The van der Waals surface area contributed by atoms with Crippen molar-refractivity contribution in [3.8, 4) is 0 Å². The maximum absolute atomic E-state index is 14.0. The predicted molar refractivity (Wildman–Crippen MR) is 88.4 cm³/mol. The fourth-order valence-corrected chi connectivity index (χ4v) is 2.66. The van der Waals surface area contributed by atoms with E-state index in [1.807, 2.05) is 12.1 Å². The summed E-state index contributed by atoms with van der Waals surface area (Å²) in [5.74, 6) is -0.118. The Bertz CT molecular complexity index is 406. The first kappa shape index (κ1) is 17.4. The number of allylic oxidation sites excluding steroid dienone is 1. The molecule has 0 aliphatic heterocycles. The molecule has 1 rings (SSSR count). The summed E-state index contributed by atoms with van der Waals surface area (Å²) in [5, 5.41) is 3.46. The second-order valence-corrected chi connectivity index (χ2v) is 6.01. The highest BCUT2D eigenvalue weighted by Gasteiger charge is 2.15. The second kappa shape index (κ2) is 10.1. The molecule has 1 unspecified atom stereocenters. The molecule has 0 radical (unpaired) electrons. The molecule has 0 amide bonds. The average Bonchev–Trinajstić information content (AvgIpc) is 2.45. The van der Waals surface area contributed by atoms with Crippen molar-refractivity contribution in [2.75, 3.05) is 6.54 Å². The van der Waals surface area contributed by atoms with Gasteiger partial charge in [0.25, 0.3) is 0 Å². The van der Waals surface area contributed by atoms with Crippen LogP contribution in [-0.4, -0.2) is 6.54 Å². The van der Waals surface area contributed by atoms with Gasteiger partial charge < -0.3 is 5.32 Å². The SMILES string of the molecule is C=CCCCCCC(NCCC)c1cc(Br)ccc1F. The highest BCUT2D eigenvalue weighted by atomic mass is 79.9. The van der Waals surface area contributed by atoms with Gasteiger partial charge in [0.2, 0.25) is 0 Å². The smallest absolute Gasteiger partial charge is 0.128 e. The second-order valence-electron chi connectivity index (χ2n) is 5.10. The number of unbranched alkanes of at least 4 members (excludes halogenated alkanes) is 3. The van der Waals surface area contributed by atoms with Crippen LogP contribution in [0.15, 0.2) is 35.3 Å². The molecule has 1 nitrogen and oxygen atoms in total. The van der Waals surface area contributed by atoms with Gasteiger partial charge in [0.05, 0.1) is 0 Å². The lowest BCUT2D eigenvalue weighted by Crippen LogP contribution is -2.23. The molecule has 0 aromatic heterocycles. The topological polar surface area (TPSA) is 12.0 Å². The van der Waals surface area contributed by atoms with Gasteiger partial charge in [-0.3, -0.25) is 0 Å². The number of rotatable bonds is 10. The van der Waals surface area contributed by atoms with Gasteiger partial charge in [-0.15, -0.1) is 6.58 Å². The van der Waals surface area contributed by atoms with Crippen molar-refractivity contribution in [3.63, 3.8) is 0 Å². The normalized spacial score (nSPS) is 12.3. The van der Waals surface area contributed by atoms with E-state index in [0.717, 1.165) is 42.3 Å². The summed E-state index contributed by atoms with van der Waals surface area (Å²) in [6, 6.07) is 5.29. The zero-order valence-electron chi connectivity index (χ0n) is 12.3. The summed E-state index contributed by atoms with van der Waals surface area (Å²) in [7, 11) is 0. The molecule has 0 aliphatic rings. The molecule has 0 fully saturated rings. The third-order valence-corrected chi connectivity index (χ3v) is 3.87. The lowest BCUT2D eigenvalue weighted by molar-refractivity contribution is 0.452. The summed E-state index contributed by atoms with van der Waals surface area (Å²) < 4.78 is 14.9. The van der Waals surface area contributed by atoms with Gasteiger partial charge in [-0.25, -0.2) is 4.39 Å². The summed E-state index contributed by atoms with van der Waals surface area (Å²) in [4.78, 5) is 0. The summed E-state index contributed by atoms with van der Waals surface area (Å²) >= 11 is 3.43. The van der Waals surface area contributed by atoms with Crippen LogP contribution in [0, 0.1) is 5.82 Å². The Kier molecular flexibility index (Phi) is 8.79. The van der Waals surface area contributed by atoms with Crippen molar-refractivity contribution < 1.29 is 4.39 Å². The Morgan fingerprint density at radius 2 is 2.15 bits per heavy atom. The van der Waals surface area contributed by atoms with Crippen molar-refractivity contribution in [3.05, 3.63) is 46.7 Å². The van der Waals surface area contributed by atoms with Crippen LogP contribution >= 0.6 is 15.9 Å². The van der Waals surface area contributed by atoms with E-state index in [0.29, 0.717) is 0 Å². The third kappa shape index (κ3) is 6.19. The van der Waals surface area contributed by atoms with E-state index >= 15 is 0 Å². The zero-order valence-corrected chi connectivity index (χ0v) is 13.9. The van der Waals surface area contributed by atoms with Crippen LogP contribution < -0.4 is 5.32 Å². The predicted octanol–water partition coefficient (Wildman–Crippen LogP) is 5.77. The van der Waals surface area contributed by atoms with Crippen molar-refractivity contribution in [1.29, 1.82) is 0 Å². The molecule has 112 valence electrons. The number of halogens is 2. The minimum atomic E-state index is -0.118. The molecule has 0 saturated carbocycles. The minimum absolute atomic E-state index is 0.108. The van der Waals surface area contributed by atoms with Gasteiger partial charge in [0, 0.05) is 16.1 Å². The van der Waals surface area contributed by atoms with Gasteiger partial charge in [-0.1, -0.05) is 41.8 Å². The molecule has 0 bridgehead atoms. The molecular formula is C17H25BrFN. The first-order valence-corrected chi connectivity index (χ1v) is 8.27. The lowest BCUT2D eigenvalue weighted by Gasteiger charge is -2.20. The Hall–Kier alpha value is -0.670. The fraction of sp³-hybridized carbons (Fsp3) is 0.529. The first-order chi connectivity index (χ1) is 9.69. The average molecular weight is 342 g/mol. The van der Waals surface area contributed by atoms with Crippen LogP contribution in [-0.2, 0) is 0 Å². The van der Waals surface area contributed by atoms with E-state index in [1.165, 1.54) is 18.9 Å². The summed E-state index contributed by atoms with van der Waals surface area (Å²) in [5.41, 5.74) is 0.775. The molecule has 0 spiro atoms. The highest BCUT2D eigenvalue weighted by molar-refractivity contribution is 9.10. The molecule has 0 saturated heterocycles. The quantitative estimate of drug-likeness (QED) is 0.421. The van der Waals surface area contributed by atoms with E-state index in [2.05, 4.69) is 34.7 Å². The van der Waals surface area contributed by atoms with Crippen molar-refractivity contribution in [2.24, 2.45) is 0 Å². The monoisotopic (exact) mass is 341 g/mol. The molecule has 20 heavy (non-hydrogen) atoms. The van der Waals surface area contributed by atoms with E-state index in [-0.39, 0.29) is 11.9 Å². The van der Waals surface area contributed by atoms with Crippen LogP contribution in [0.2, 0.25) is 0 Å². The maximum Gasteiger partial charge on any atom is 0.128 e. The van der Waals surface area contributed by atoms with E-state index in [1.54, 1.807) is 6.07 Å². The van der Waals surface area contributed by atoms with Crippen LogP contribution in [0.5, 0.6) is 0 Å².